The fourth-order valence-electron chi connectivity index (χ4n) is 3.37. The third-order valence-electron chi connectivity index (χ3n) is 4.82. The fraction of sp³-hybridized carbons (Fsp3) is 0.364. The van der Waals surface area contributed by atoms with Gasteiger partial charge in [0.05, 0.1) is 24.2 Å². The number of aliphatic hydroxyl groups excluding tert-OH is 1. The molecule has 2 aromatic carbocycles. The first-order valence-electron chi connectivity index (χ1n) is 9.81. The van der Waals surface area contributed by atoms with Crippen LogP contribution in [0.3, 0.4) is 0 Å². The van der Waals surface area contributed by atoms with Crippen LogP contribution in [0.4, 0.5) is 8.78 Å². The third-order valence-corrected chi connectivity index (χ3v) is 4.82. The molecule has 0 radical (unpaired) electrons. The molecule has 1 heterocycles. The standard InChI is InChI=1S/C22H25F2N3O2/c1-2-10-27-20-9-6-15(14-28)11-19(20)26-21(27)13-25-22(29)5-3-4-16-12-17(23)7-8-18(16)24/h6-9,11-12,28H,2-5,10,13-14H2,1H3,(H,25,29). The van der Waals surface area contributed by atoms with Gasteiger partial charge in [-0.3, -0.25) is 4.79 Å². The number of hydrogen-bond donors (Lipinski definition) is 2. The number of carbonyl (C=O) groups is 1. The Morgan fingerprint density at radius 2 is 2.03 bits per heavy atom. The first kappa shape index (κ1) is 20.9. The van der Waals surface area contributed by atoms with E-state index in [2.05, 4.69) is 21.8 Å². The van der Waals surface area contributed by atoms with Crippen molar-refractivity contribution in [2.75, 3.05) is 0 Å². The van der Waals surface area contributed by atoms with Crippen molar-refractivity contribution >= 4 is 16.9 Å². The number of rotatable bonds is 9. The number of benzene rings is 2. The van der Waals surface area contributed by atoms with Crippen LogP contribution < -0.4 is 5.32 Å². The molecule has 0 aliphatic carbocycles. The number of carbonyl (C=O) groups excluding carboxylic acids is 1. The predicted octanol–water partition coefficient (Wildman–Crippen LogP) is 3.86. The quantitative estimate of drug-likeness (QED) is 0.572. The van der Waals surface area contributed by atoms with Crippen LogP contribution in [0, 0.1) is 11.6 Å². The maximum absolute atomic E-state index is 13.6. The second-order valence-electron chi connectivity index (χ2n) is 7.03. The summed E-state index contributed by atoms with van der Waals surface area (Å²) in [5.74, 6) is -0.346. The summed E-state index contributed by atoms with van der Waals surface area (Å²) in [5, 5.41) is 12.2. The van der Waals surface area contributed by atoms with Crippen LogP contribution >= 0.6 is 0 Å². The molecule has 1 aromatic heterocycles. The third kappa shape index (κ3) is 5.17. The van der Waals surface area contributed by atoms with E-state index < -0.39 is 11.6 Å². The number of imidazole rings is 1. The second kappa shape index (κ2) is 9.60. The number of nitrogens with one attached hydrogen (secondary N) is 1. The SMILES string of the molecule is CCCn1c(CNC(=O)CCCc2cc(F)ccc2F)nc2cc(CO)ccc21. The highest BCUT2D eigenvalue weighted by Gasteiger charge is 2.12. The lowest BCUT2D eigenvalue weighted by molar-refractivity contribution is -0.121. The minimum Gasteiger partial charge on any atom is -0.392 e. The van der Waals surface area contributed by atoms with Crippen LogP contribution in [-0.4, -0.2) is 20.6 Å². The monoisotopic (exact) mass is 401 g/mol. The van der Waals surface area contributed by atoms with Gasteiger partial charge in [-0.25, -0.2) is 13.8 Å². The molecule has 0 unspecified atom stereocenters. The summed E-state index contributed by atoms with van der Waals surface area (Å²) in [6.45, 7) is 3.09. The van der Waals surface area contributed by atoms with Gasteiger partial charge in [0.1, 0.15) is 17.5 Å². The van der Waals surface area contributed by atoms with E-state index in [4.69, 9.17) is 0 Å². The smallest absolute Gasteiger partial charge is 0.220 e. The Labute approximate surface area is 168 Å². The first-order valence-corrected chi connectivity index (χ1v) is 9.81. The van der Waals surface area contributed by atoms with Gasteiger partial charge in [0.25, 0.3) is 0 Å². The summed E-state index contributed by atoms with van der Waals surface area (Å²) >= 11 is 0. The van der Waals surface area contributed by atoms with Crippen LogP contribution in [-0.2, 0) is 30.9 Å². The average Bonchev–Trinajstić information content (AvgIpc) is 3.06. The molecule has 0 aliphatic rings. The van der Waals surface area contributed by atoms with Gasteiger partial charge in [-0.1, -0.05) is 13.0 Å². The lowest BCUT2D eigenvalue weighted by Crippen LogP contribution is -2.24. The van der Waals surface area contributed by atoms with Crippen molar-refractivity contribution in [3.63, 3.8) is 0 Å². The predicted molar refractivity (Wildman–Crippen MR) is 107 cm³/mol. The Hall–Kier alpha value is -2.80. The maximum atomic E-state index is 13.6. The first-order chi connectivity index (χ1) is 14.0. The van der Waals surface area contributed by atoms with E-state index in [0.717, 1.165) is 47.5 Å². The van der Waals surface area contributed by atoms with E-state index in [-0.39, 0.29) is 31.0 Å². The molecule has 5 nitrogen and oxygen atoms in total. The van der Waals surface area contributed by atoms with Crippen molar-refractivity contribution in [3.8, 4) is 0 Å². The van der Waals surface area contributed by atoms with Gasteiger partial charge >= 0.3 is 0 Å². The number of halogens is 2. The number of aliphatic hydroxyl groups is 1. The highest BCUT2D eigenvalue weighted by Crippen LogP contribution is 2.19. The van der Waals surface area contributed by atoms with E-state index in [1.807, 2.05) is 18.2 Å². The van der Waals surface area contributed by atoms with Crippen molar-refractivity contribution in [1.29, 1.82) is 0 Å². The molecule has 0 saturated carbocycles. The summed E-state index contributed by atoms with van der Waals surface area (Å²) < 4.78 is 28.9. The summed E-state index contributed by atoms with van der Waals surface area (Å²) in [5.41, 5.74) is 2.83. The summed E-state index contributed by atoms with van der Waals surface area (Å²) in [6, 6.07) is 9.00. The Kier molecular flexibility index (Phi) is 6.93. The fourth-order valence-corrected chi connectivity index (χ4v) is 3.37. The molecule has 0 aliphatic heterocycles. The van der Waals surface area contributed by atoms with Crippen molar-refractivity contribution in [2.45, 2.75) is 52.3 Å². The largest absolute Gasteiger partial charge is 0.392 e. The highest BCUT2D eigenvalue weighted by atomic mass is 19.1. The van der Waals surface area contributed by atoms with Crippen LogP contribution in [0.1, 0.15) is 43.1 Å². The number of fused-ring (bicyclic) bond motifs is 1. The molecule has 3 rings (SSSR count). The number of nitrogens with zero attached hydrogens (tertiary/aromatic N) is 2. The van der Waals surface area contributed by atoms with Crippen LogP contribution in [0.25, 0.3) is 11.0 Å². The Morgan fingerprint density at radius 1 is 1.21 bits per heavy atom. The number of amides is 1. The van der Waals surface area contributed by atoms with Crippen LogP contribution in [0.15, 0.2) is 36.4 Å². The number of hydrogen-bond acceptors (Lipinski definition) is 3. The Balaban J connectivity index is 1.59. The zero-order chi connectivity index (χ0) is 20.8. The lowest BCUT2D eigenvalue weighted by Gasteiger charge is -2.09. The molecule has 2 N–H and O–H groups in total. The van der Waals surface area contributed by atoms with E-state index in [1.54, 1.807) is 0 Å². The molecule has 29 heavy (non-hydrogen) atoms. The van der Waals surface area contributed by atoms with Crippen molar-refractivity contribution in [3.05, 3.63) is 65.0 Å². The summed E-state index contributed by atoms with van der Waals surface area (Å²) in [6.07, 6.45) is 1.87. The summed E-state index contributed by atoms with van der Waals surface area (Å²) in [4.78, 5) is 16.8. The van der Waals surface area contributed by atoms with Gasteiger partial charge < -0.3 is 15.0 Å². The molecule has 154 valence electrons. The van der Waals surface area contributed by atoms with Crippen molar-refractivity contribution < 1.29 is 18.7 Å². The minimum absolute atomic E-state index is 0.0471. The van der Waals surface area contributed by atoms with E-state index >= 15 is 0 Å². The normalized spacial score (nSPS) is 11.2. The minimum atomic E-state index is -0.481. The maximum Gasteiger partial charge on any atom is 0.220 e. The number of aryl methyl sites for hydroxylation is 2. The van der Waals surface area contributed by atoms with Crippen molar-refractivity contribution in [2.24, 2.45) is 0 Å². The second-order valence-corrected chi connectivity index (χ2v) is 7.03. The van der Waals surface area contributed by atoms with E-state index in [0.29, 0.717) is 12.8 Å². The lowest BCUT2D eigenvalue weighted by atomic mass is 10.1. The molecule has 0 fully saturated rings. The molecule has 0 spiro atoms. The van der Waals surface area contributed by atoms with Gasteiger partial charge in [0.15, 0.2) is 0 Å². The summed E-state index contributed by atoms with van der Waals surface area (Å²) in [7, 11) is 0. The average molecular weight is 401 g/mol. The molecular weight excluding hydrogens is 376 g/mol. The van der Waals surface area contributed by atoms with Gasteiger partial charge in [0.2, 0.25) is 5.91 Å². The molecule has 1 amide bonds. The van der Waals surface area contributed by atoms with Gasteiger partial charge in [-0.2, -0.15) is 0 Å². The van der Waals surface area contributed by atoms with E-state index in [1.165, 1.54) is 6.07 Å². The molecule has 0 saturated heterocycles. The zero-order valence-electron chi connectivity index (χ0n) is 16.4. The Morgan fingerprint density at radius 3 is 2.79 bits per heavy atom. The van der Waals surface area contributed by atoms with E-state index in [9.17, 15) is 18.7 Å². The van der Waals surface area contributed by atoms with Crippen LogP contribution in [0.2, 0.25) is 0 Å². The Bertz CT molecular complexity index is 1000. The molecule has 7 heteroatoms. The highest BCUT2D eigenvalue weighted by molar-refractivity contribution is 5.78. The van der Waals surface area contributed by atoms with Crippen LogP contribution in [0.5, 0.6) is 0 Å². The van der Waals surface area contributed by atoms with Gasteiger partial charge in [-0.05, 0) is 60.7 Å². The van der Waals surface area contributed by atoms with Crippen molar-refractivity contribution in [1.82, 2.24) is 14.9 Å². The van der Waals surface area contributed by atoms with Gasteiger partial charge in [-0.15, -0.1) is 0 Å². The molecular formula is C22H25F2N3O2. The molecule has 0 bridgehead atoms. The number of aromatic nitrogens is 2. The zero-order valence-corrected chi connectivity index (χ0v) is 16.4. The molecule has 3 aromatic rings. The molecule has 0 atom stereocenters. The van der Waals surface area contributed by atoms with Gasteiger partial charge in [0, 0.05) is 13.0 Å². The topological polar surface area (TPSA) is 67.2 Å².